The van der Waals surface area contributed by atoms with Gasteiger partial charge in [-0.25, -0.2) is 14.4 Å². The van der Waals surface area contributed by atoms with Gasteiger partial charge < -0.3 is 4.74 Å². The summed E-state index contributed by atoms with van der Waals surface area (Å²) in [5.41, 5.74) is 1.83. The summed E-state index contributed by atoms with van der Waals surface area (Å²) in [4.78, 5) is 8.48. The molecule has 0 aliphatic carbocycles. The molecule has 0 aliphatic rings. The number of rotatable bonds is 3. The van der Waals surface area contributed by atoms with Crippen molar-refractivity contribution in [3.63, 3.8) is 0 Å². The average molecular weight is 218 g/mol. The predicted octanol–water partition coefficient (Wildman–Crippen LogP) is 2.64. The molecule has 0 radical (unpaired) electrons. The van der Waals surface area contributed by atoms with E-state index in [4.69, 9.17) is 4.74 Å². The highest BCUT2D eigenvalue weighted by atomic mass is 19.1. The Kier molecular flexibility index (Phi) is 2.81. The normalized spacial score (nSPS) is 10.4. The number of halogens is 1. The van der Waals surface area contributed by atoms with Crippen LogP contribution in [0.2, 0.25) is 0 Å². The van der Waals surface area contributed by atoms with Gasteiger partial charge in [-0.2, -0.15) is 0 Å². The summed E-state index contributed by atoms with van der Waals surface area (Å²) in [6.45, 7) is 5.71. The van der Waals surface area contributed by atoms with Gasteiger partial charge in [0, 0.05) is 6.07 Å². The molecule has 3 nitrogen and oxygen atoms in total. The quantitative estimate of drug-likeness (QED) is 0.743. The van der Waals surface area contributed by atoms with Crippen molar-refractivity contribution in [2.75, 3.05) is 6.61 Å². The summed E-state index contributed by atoms with van der Waals surface area (Å²) in [7, 11) is 0. The molecule has 2 rings (SSSR count). The molecule has 4 heteroatoms. The Morgan fingerprint density at radius 3 is 2.94 bits per heavy atom. The van der Waals surface area contributed by atoms with E-state index >= 15 is 0 Å². The first kappa shape index (κ1) is 10.5. The summed E-state index contributed by atoms with van der Waals surface area (Å²) in [5, 5.41) is 0. The van der Waals surface area contributed by atoms with E-state index in [1.54, 1.807) is 19.1 Å². The number of nitrogens with zero attached hydrogens (tertiary/aromatic N) is 2. The Morgan fingerprint density at radius 1 is 1.38 bits per heavy atom. The first-order valence-corrected chi connectivity index (χ1v) is 4.88. The fraction of sp³-hybridized carbons (Fsp3) is 0.167. The van der Waals surface area contributed by atoms with Crippen LogP contribution in [0.5, 0.6) is 5.88 Å². The minimum atomic E-state index is -0.333. The second-order valence-electron chi connectivity index (χ2n) is 3.35. The zero-order valence-electron chi connectivity index (χ0n) is 8.90. The maximum atomic E-state index is 13.0. The molecule has 0 N–H and O–H groups in total. The molecule has 0 unspecified atom stereocenters. The van der Waals surface area contributed by atoms with Crippen LogP contribution in [0.3, 0.4) is 0 Å². The lowest BCUT2D eigenvalue weighted by atomic mass is 10.3. The van der Waals surface area contributed by atoms with Crippen LogP contribution in [-0.2, 0) is 0 Å². The minimum Gasteiger partial charge on any atom is -0.472 e. The van der Waals surface area contributed by atoms with Crippen LogP contribution in [-0.4, -0.2) is 16.6 Å². The summed E-state index contributed by atoms with van der Waals surface area (Å²) >= 11 is 0. The first-order chi connectivity index (χ1) is 7.70. The van der Waals surface area contributed by atoms with E-state index in [0.717, 1.165) is 0 Å². The summed E-state index contributed by atoms with van der Waals surface area (Å²) in [6, 6.07) is 4.30. The molecule has 1 aromatic carbocycles. The van der Waals surface area contributed by atoms with Crippen molar-refractivity contribution >= 4 is 11.0 Å². The van der Waals surface area contributed by atoms with Gasteiger partial charge in [-0.3, -0.25) is 0 Å². The number of aromatic nitrogens is 2. The first-order valence-electron chi connectivity index (χ1n) is 4.88. The maximum absolute atomic E-state index is 13.0. The topological polar surface area (TPSA) is 35.0 Å². The van der Waals surface area contributed by atoms with E-state index in [1.165, 1.54) is 12.1 Å². The third-order valence-corrected chi connectivity index (χ3v) is 2.10. The van der Waals surface area contributed by atoms with Crippen molar-refractivity contribution in [2.24, 2.45) is 0 Å². The molecule has 0 saturated carbocycles. The minimum absolute atomic E-state index is 0.333. The molecule has 1 heterocycles. The average Bonchev–Trinajstić information content (AvgIpc) is 2.27. The smallest absolute Gasteiger partial charge is 0.236 e. The van der Waals surface area contributed by atoms with E-state index in [1.807, 2.05) is 0 Å². The number of ether oxygens (including phenoxy) is 1. The van der Waals surface area contributed by atoms with Crippen LogP contribution in [0.1, 0.15) is 5.69 Å². The van der Waals surface area contributed by atoms with Crippen molar-refractivity contribution in [2.45, 2.75) is 6.92 Å². The molecule has 82 valence electrons. The molecule has 0 bridgehead atoms. The van der Waals surface area contributed by atoms with Crippen LogP contribution >= 0.6 is 0 Å². The molecule has 0 aliphatic heterocycles. The Labute approximate surface area is 92.6 Å². The molecule has 0 fully saturated rings. The van der Waals surface area contributed by atoms with Gasteiger partial charge in [-0.1, -0.05) is 12.7 Å². The number of aryl methyl sites for hydroxylation is 1. The van der Waals surface area contributed by atoms with Crippen molar-refractivity contribution in [1.29, 1.82) is 0 Å². The second kappa shape index (κ2) is 4.26. The molecule has 0 atom stereocenters. The van der Waals surface area contributed by atoms with Crippen LogP contribution < -0.4 is 4.74 Å². The van der Waals surface area contributed by atoms with Crippen molar-refractivity contribution in [3.8, 4) is 5.88 Å². The molecule has 0 amide bonds. The van der Waals surface area contributed by atoms with E-state index in [0.29, 0.717) is 29.2 Å². The monoisotopic (exact) mass is 218 g/mol. The lowest BCUT2D eigenvalue weighted by molar-refractivity contribution is 0.345. The van der Waals surface area contributed by atoms with Crippen molar-refractivity contribution in [3.05, 3.63) is 42.4 Å². The molecule has 0 spiro atoms. The third kappa shape index (κ3) is 2.00. The SMILES string of the molecule is C=CCOc1nc2cc(F)ccc2nc1C. The molecule has 16 heavy (non-hydrogen) atoms. The summed E-state index contributed by atoms with van der Waals surface area (Å²) in [6.07, 6.45) is 1.62. The fourth-order valence-electron chi connectivity index (χ4n) is 1.37. The third-order valence-electron chi connectivity index (χ3n) is 2.10. The fourth-order valence-corrected chi connectivity index (χ4v) is 1.37. The predicted molar refractivity (Wildman–Crippen MR) is 59.9 cm³/mol. The Hall–Kier alpha value is -1.97. The van der Waals surface area contributed by atoms with Crippen LogP contribution in [0.15, 0.2) is 30.9 Å². The van der Waals surface area contributed by atoms with Gasteiger partial charge in [0.1, 0.15) is 18.1 Å². The van der Waals surface area contributed by atoms with Crippen LogP contribution in [0.4, 0.5) is 4.39 Å². The maximum Gasteiger partial charge on any atom is 0.236 e. The number of hydrogen-bond donors (Lipinski definition) is 0. The highest BCUT2D eigenvalue weighted by Gasteiger charge is 2.06. The van der Waals surface area contributed by atoms with Crippen molar-refractivity contribution < 1.29 is 9.13 Å². The zero-order valence-corrected chi connectivity index (χ0v) is 8.90. The largest absolute Gasteiger partial charge is 0.472 e. The van der Waals surface area contributed by atoms with E-state index in [-0.39, 0.29) is 5.82 Å². The number of fused-ring (bicyclic) bond motifs is 1. The van der Waals surface area contributed by atoms with E-state index < -0.39 is 0 Å². The van der Waals surface area contributed by atoms with Crippen molar-refractivity contribution in [1.82, 2.24) is 9.97 Å². The number of hydrogen-bond acceptors (Lipinski definition) is 3. The van der Waals surface area contributed by atoms with Gasteiger partial charge in [-0.05, 0) is 19.1 Å². The van der Waals surface area contributed by atoms with E-state index in [9.17, 15) is 4.39 Å². The van der Waals surface area contributed by atoms with Gasteiger partial charge in [-0.15, -0.1) is 0 Å². The zero-order chi connectivity index (χ0) is 11.5. The molecular weight excluding hydrogens is 207 g/mol. The van der Waals surface area contributed by atoms with Gasteiger partial charge in [0.2, 0.25) is 5.88 Å². The Bertz CT molecular complexity index is 540. The highest BCUT2D eigenvalue weighted by molar-refractivity contribution is 5.74. The van der Waals surface area contributed by atoms with Crippen LogP contribution in [0.25, 0.3) is 11.0 Å². The summed E-state index contributed by atoms with van der Waals surface area (Å²) in [5.74, 6) is 0.0818. The van der Waals surface area contributed by atoms with Gasteiger partial charge in [0.15, 0.2) is 0 Å². The second-order valence-corrected chi connectivity index (χ2v) is 3.35. The van der Waals surface area contributed by atoms with E-state index in [2.05, 4.69) is 16.5 Å². The highest BCUT2D eigenvalue weighted by Crippen LogP contribution is 2.18. The Balaban J connectivity index is 2.50. The number of benzene rings is 1. The van der Waals surface area contributed by atoms with Gasteiger partial charge in [0.25, 0.3) is 0 Å². The molecular formula is C12H11FN2O. The van der Waals surface area contributed by atoms with Gasteiger partial charge in [0.05, 0.1) is 11.0 Å². The lowest BCUT2D eigenvalue weighted by Crippen LogP contribution is -2.00. The molecule has 2 aromatic rings. The lowest BCUT2D eigenvalue weighted by Gasteiger charge is -2.06. The van der Waals surface area contributed by atoms with Gasteiger partial charge >= 0.3 is 0 Å². The standard InChI is InChI=1S/C12H11FN2O/c1-3-6-16-12-8(2)14-10-5-4-9(13)7-11(10)15-12/h3-5,7H,1,6H2,2H3. The molecule has 0 saturated heterocycles. The van der Waals surface area contributed by atoms with Crippen LogP contribution in [0, 0.1) is 12.7 Å². The Morgan fingerprint density at radius 2 is 2.19 bits per heavy atom. The molecule has 1 aromatic heterocycles. The summed E-state index contributed by atoms with van der Waals surface area (Å²) < 4.78 is 18.3.